The Morgan fingerprint density at radius 1 is 1.38 bits per heavy atom. The highest BCUT2D eigenvalue weighted by Gasteiger charge is 2.12. The maximum Gasteiger partial charge on any atom is 0.219 e. The highest BCUT2D eigenvalue weighted by atomic mass is 32.2. The summed E-state index contributed by atoms with van der Waals surface area (Å²) in [5, 5.41) is 0. The largest absolute Gasteiger partial charge is 0.341 e. The Morgan fingerprint density at radius 2 is 1.94 bits per heavy atom. The van der Waals surface area contributed by atoms with Crippen molar-refractivity contribution in [2.24, 2.45) is 5.92 Å². The fraction of sp³-hybridized carbons (Fsp3) is 0.900. The second-order valence-electron chi connectivity index (χ2n) is 4.16. The van der Waals surface area contributed by atoms with E-state index < -0.39 is 10.0 Å². The molecule has 1 amide bonds. The Balaban J connectivity index is 4.09. The van der Waals surface area contributed by atoms with E-state index in [9.17, 15) is 13.2 Å². The minimum Gasteiger partial charge on any atom is -0.341 e. The van der Waals surface area contributed by atoms with Gasteiger partial charge in [0.1, 0.15) is 0 Å². The van der Waals surface area contributed by atoms with Gasteiger partial charge in [0.2, 0.25) is 15.9 Å². The van der Waals surface area contributed by atoms with E-state index in [0.29, 0.717) is 19.0 Å². The van der Waals surface area contributed by atoms with Crippen molar-refractivity contribution >= 4 is 15.9 Å². The summed E-state index contributed by atoms with van der Waals surface area (Å²) in [7, 11) is -3.16. The van der Waals surface area contributed by atoms with Gasteiger partial charge in [0, 0.05) is 26.6 Å². The molecular formula is C10H22N2O3S. The van der Waals surface area contributed by atoms with E-state index in [1.807, 2.05) is 13.8 Å². The van der Waals surface area contributed by atoms with Crippen LogP contribution in [0, 0.1) is 5.92 Å². The lowest BCUT2D eigenvalue weighted by atomic mass is 10.2. The molecule has 0 saturated heterocycles. The summed E-state index contributed by atoms with van der Waals surface area (Å²) in [4.78, 5) is 12.9. The second-order valence-corrected chi connectivity index (χ2v) is 6.25. The average Bonchev–Trinajstić information content (AvgIpc) is 2.15. The molecule has 5 nitrogen and oxygen atoms in total. The molecule has 0 radical (unpaired) electrons. The first-order chi connectivity index (χ1) is 7.28. The van der Waals surface area contributed by atoms with Crippen molar-refractivity contribution in [3.8, 4) is 0 Å². The molecule has 1 N–H and O–H groups in total. The van der Waals surface area contributed by atoms with Crippen LogP contribution in [0.15, 0.2) is 0 Å². The van der Waals surface area contributed by atoms with Gasteiger partial charge in [-0.05, 0) is 12.8 Å². The maximum atomic E-state index is 11.3. The number of hydrogen-bond acceptors (Lipinski definition) is 3. The molecule has 0 aliphatic carbocycles. The molecule has 0 fully saturated rings. The lowest BCUT2D eigenvalue weighted by Crippen LogP contribution is -2.39. The van der Waals surface area contributed by atoms with Crippen LogP contribution in [0.25, 0.3) is 0 Å². The lowest BCUT2D eigenvalue weighted by Gasteiger charge is -2.23. The molecule has 0 bridgehead atoms. The van der Waals surface area contributed by atoms with Gasteiger partial charge in [-0.3, -0.25) is 4.79 Å². The number of hydrogen-bond donors (Lipinski definition) is 1. The number of carbonyl (C=O) groups excluding carboxylic acids is 1. The summed E-state index contributed by atoms with van der Waals surface area (Å²) in [5.41, 5.74) is 0. The van der Waals surface area contributed by atoms with E-state index in [1.165, 1.54) is 6.92 Å². The number of carbonyl (C=O) groups is 1. The molecule has 0 aromatic rings. The smallest absolute Gasteiger partial charge is 0.219 e. The van der Waals surface area contributed by atoms with Gasteiger partial charge >= 0.3 is 0 Å². The minimum atomic E-state index is -3.16. The average molecular weight is 250 g/mol. The zero-order valence-corrected chi connectivity index (χ0v) is 11.3. The van der Waals surface area contributed by atoms with E-state index in [-0.39, 0.29) is 18.2 Å². The van der Waals surface area contributed by atoms with Crippen molar-refractivity contribution < 1.29 is 13.2 Å². The predicted molar refractivity (Wildman–Crippen MR) is 64.6 cm³/mol. The van der Waals surface area contributed by atoms with Crippen LogP contribution in [0.1, 0.15) is 27.7 Å². The first-order valence-corrected chi connectivity index (χ1v) is 7.16. The number of rotatable bonds is 7. The van der Waals surface area contributed by atoms with Crippen LogP contribution in [-0.2, 0) is 14.8 Å². The van der Waals surface area contributed by atoms with Crippen LogP contribution in [0.5, 0.6) is 0 Å². The molecule has 0 aromatic carbocycles. The minimum absolute atomic E-state index is 0.0237. The van der Waals surface area contributed by atoms with Gasteiger partial charge in [0.25, 0.3) is 0 Å². The van der Waals surface area contributed by atoms with Crippen LogP contribution >= 0.6 is 0 Å². The molecule has 0 atom stereocenters. The maximum absolute atomic E-state index is 11.3. The van der Waals surface area contributed by atoms with E-state index >= 15 is 0 Å². The lowest BCUT2D eigenvalue weighted by molar-refractivity contribution is -0.129. The number of sulfonamides is 1. The van der Waals surface area contributed by atoms with Crippen LogP contribution in [0.2, 0.25) is 0 Å². The molecule has 0 spiro atoms. The first-order valence-electron chi connectivity index (χ1n) is 5.51. The number of nitrogens with one attached hydrogen (secondary N) is 1. The Labute approximate surface area is 98.3 Å². The Bertz CT molecular complexity index is 312. The summed E-state index contributed by atoms with van der Waals surface area (Å²) in [6.45, 7) is 8.48. The number of amides is 1. The summed E-state index contributed by atoms with van der Waals surface area (Å²) in [6, 6.07) is 0. The van der Waals surface area contributed by atoms with Crippen molar-refractivity contribution in [3.63, 3.8) is 0 Å². The Kier molecular flexibility index (Phi) is 6.59. The fourth-order valence-electron chi connectivity index (χ4n) is 1.26. The van der Waals surface area contributed by atoms with E-state index in [2.05, 4.69) is 4.72 Å². The third-order valence-electron chi connectivity index (χ3n) is 2.11. The monoisotopic (exact) mass is 250 g/mol. The molecule has 0 aliphatic heterocycles. The van der Waals surface area contributed by atoms with Crippen molar-refractivity contribution in [3.05, 3.63) is 0 Å². The molecule has 96 valence electrons. The molecule has 0 aliphatic rings. The van der Waals surface area contributed by atoms with Crippen LogP contribution in [0.4, 0.5) is 0 Å². The Hall–Kier alpha value is -0.620. The molecule has 0 unspecified atom stereocenters. The summed E-state index contributed by atoms with van der Waals surface area (Å²) < 4.78 is 24.8. The van der Waals surface area contributed by atoms with E-state index in [0.717, 1.165) is 0 Å². The van der Waals surface area contributed by atoms with E-state index in [1.54, 1.807) is 11.8 Å². The summed E-state index contributed by atoms with van der Waals surface area (Å²) in [6.07, 6.45) is 0. The van der Waals surface area contributed by atoms with Gasteiger partial charge in [0.15, 0.2) is 0 Å². The molecule has 0 heterocycles. The SMILES string of the molecule is CCS(=O)(=O)NCCN(CC(C)C)C(C)=O. The number of nitrogens with zero attached hydrogens (tertiary/aromatic N) is 1. The molecule has 0 saturated carbocycles. The van der Waals surface area contributed by atoms with Crippen molar-refractivity contribution in [1.29, 1.82) is 0 Å². The fourth-order valence-corrected chi connectivity index (χ4v) is 1.86. The van der Waals surface area contributed by atoms with E-state index in [4.69, 9.17) is 0 Å². The molecule has 0 rings (SSSR count). The highest BCUT2D eigenvalue weighted by Crippen LogP contribution is 1.98. The van der Waals surface area contributed by atoms with Gasteiger partial charge in [-0.1, -0.05) is 13.8 Å². The van der Waals surface area contributed by atoms with Crippen molar-refractivity contribution in [2.75, 3.05) is 25.4 Å². The Morgan fingerprint density at radius 3 is 2.31 bits per heavy atom. The zero-order valence-electron chi connectivity index (χ0n) is 10.5. The standard InChI is InChI=1S/C10H22N2O3S/c1-5-16(14,15)11-6-7-12(10(4)13)8-9(2)3/h9,11H,5-8H2,1-4H3. The summed E-state index contributed by atoms with van der Waals surface area (Å²) in [5.74, 6) is 0.424. The molecule has 0 aromatic heterocycles. The second kappa shape index (κ2) is 6.85. The quantitative estimate of drug-likeness (QED) is 0.712. The third kappa shape index (κ3) is 6.79. The summed E-state index contributed by atoms with van der Waals surface area (Å²) >= 11 is 0. The molecule has 16 heavy (non-hydrogen) atoms. The van der Waals surface area contributed by atoms with Crippen LogP contribution in [0.3, 0.4) is 0 Å². The van der Waals surface area contributed by atoms with Gasteiger partial charge in [0.05, 0.1) is 5.75 Å². The normalized spacial score (nSPS) is 11.8. The highest BCUT2D eigenvalue weighted by molar-refractivity contribution is 7.89. The van der Waals surface area contributed by atoms with Crippen molar-refractivity contribution in [1.82, 2.24) is 9.62 Å². The van der Waals surface area contributed by atoms with Gasteiger partial charge < -0.3 is 4.90 Å². The molecule has 6 heteroatoms. The third-order valence-corrected chi connectivity index (χ3v) is 3.52. The van der Waals surface area contributed by atoms with Gasteiger partial charge in [-0.2, -0.15) is 0 Å². The van der Waals surface area contributed by atoms with Gasteiger partial charge in [-0.25, -0.2) is 13.1 Å². The van der Waals surface area contributed by atoms with Crippen molar-refractivity contribution in [2.45, 2.75) is 27.7 Å². The van der Waals surface area contributed by atoms with Gasteiger partial charge in [-0.15, -0.1) is 0 Å². The van der Waals surface area contributed by atoms with Crippen LogP contribution in [-0.4, -0.2) is 44.6 Å². The topological polar surface area (TPSA) is 66.5 Å². The zero-order chi connectivity index (χ0) is 12.8. The first kappa shape index (κ1) is 15.4. The molecular weight excluding hydrogens is 228 g/mol. The predicted octanol–water partition coefficient (Wildman–Crippen LogP) is 0.430. The van der Waals surface area contributed by atoms with Crippen LogP contribution < -0.4 is 4.72 Å².